The molecule has 1 unspecified atom stereocenters. The van der Waals surface area contributed by atoms with Gasteiger partial charge in [0.25, 0.3) is 0 Å². The number of aromatic nitrogens is 5. The number of hydrogen-bond donors (Lipinski definition) is 3. The Morgan fingerprint density at radius 3 is 2.60 bits per heavy atom. The molecule has 4 N–H and O–H groups in total. The van der Waals surface area contributed by atoms with E-state index in [2.05, 4.69) is 58.0 Å². The molecule has 0 aliphatic carbocycles. The van der Waals surface area contributed by atoms with E-state index < -0.39 is 6.10 Å². The highest BCUT2D eigenvalue weighted by Gasteiger charge is 2.31. The summed E-state index contributed by atoms with van der Waals surface area (Å²) in [6.45, 7) is 9.70. The van der Waals surface area contributed by atoms with Crippen LogP contribution < -0.4 is 26.0 Å². The van der Waals surface area contributed by atoms with Gasteiger partial charge in [-0.15, -0.1) is 0 Å². The molecule has 6 heterocycles. The number of imidazole rings is 1. The van der Waals surface area contributed by atoms with Crippen LogP contribution in [0.25, 0.3) is 11.3 Å². The molecular weight excluding hydrogens is 700 g/mol. The highest BCUT2D eigenvalue weighted by Crippen LogP contribution is 2.33. The Bertz CT molecular complexity index is 2150. The van der Waals surface area contributed by atoms with Crippen molar-refractivity contribution in [3.63, 3.8) is 0 Å². The van der Waals surface area contributed by atoms with E-state index in [-0.39, 0.29) is 29.5 Å². The molecular formula is C41H47FN10O3. The maximum absolute atomic E-state index is 13.8. The predicted molar refractivity (Wildman–Crippen MR) is 208 cm³/mol. The fourth-order valence-corrected chi connectivity index (χ4v) is 7.96. The lowest BCUT2D eigenvalue weighted by molar-refractivity contribution is -0.133. The summed E-state index contributed by atoms with van der Waals surface area (Å²) in [6.07, 6.45) is 10.2. The number of aryl methyl sites for hydroxylation is 1. The summed E-state index contributed by atoms with van der Waals surface area (Å²) in [5.41, 5.74) is 12.7. The molecule has 0 radical (unpaired) electrons. The minimum atomic E-state index is -0.420. The van der Waals surface area contributed by atoms with E-state index in [0.29, 0.717) is 42.7 Å². The number of ether oxygens (including phenoxy) is 1. The number of imide groups is 1. The van der Waals surface area contributed by atoms with E-state index in [4.69, 9.17) is 15.6 Å². The van der Waals surface area contributed by atoms with Gasteiger partial charge in [0.2, 0.25) is 11.8 Å². The van der Waals surface area contributed by atoms with Crippen molar-refractivity contribution in [1.82, 2.24) is 34.5 Å². The number of carbonyl (C=O) groups is 2. The van der Waals surface area contributed by atoms with E-state index in [1.807, 2.05) is 50.6 Å². The van der Waals surface area contributed by atoms with Gasteiger partial charge < -0.3 is 30.2 Å². The molecule has 3 aliphatic heterocycles. The Kier molecular flexibility index (Phi) is 10.2. The summed E-state index contributed by atoms with van der Waals surface area (Å²) in [6, 6.07) is 16.4. The second-order valence-electron chi connectivity index (χ2n) is 15.1. The molecule has 0 bridgehead atoms. The van der Waals surface area contributed by atoms with Gasteiger partial charge in [-0.25, -0.2) is 14.4 Å². The zero-order valence-electron chi connectivity index (χ0n) is 31.2. The van der Waals surface area contributed by atoms with Crippen molar-refractivity contribution in [1.29, 1.82) is 0 Å². The van der Waals surface area contributed by atoms with Crippen LogP contribution in [0.5, 0.6) is 5.75 Å². The zero-order valence-corrected chi connectivity index (χ0v) is 31.2. The van der Waals surface area contributed by atoms with Crippen molar-refractivity contribution in [2.45, 2.75) is 64.3 Å². The van der Waals surface area contributed by atoms with E-state index in [9.17, 15) is 14.0 Å². The highest BCUT2D eigenvalue weighted by atomic mass is 19.1. The smallest absolute Gasteiger partial charge is 0.249 e. The number of nitrogen functional groups attached to an aromatic ring is 1. The lowest BCUT2D eigenvalue weighted by Gasteiger charge is -2.44. The van der Waals surface area contributed by atoms with Crippen LogP contribution in [0, 0.1) is 18.7 Å². The van der Waals surface area contributed by atoms with Crippen LogP contribution in [-0.4, -0.2) is 79.8 Å². The van der Waals surface area contributed by atoms with E-state index in [1.54, 1.807) is 12.3 Å². The molecule has 0 saturated carbocycles. The van der Waals surface area contributed by atoms with Gasteiger partial charge in [-0.3, -0.25) is 19.6 Å². The van der Waals surface area contributed by atoms with Crippen LogP contribution in [0.2, 0.25) is 0 Å². The highest BCUT2D eigenvalue weighted by molar-refractivity contribution is 6.01. The summed E-state index contributed by atoms with van der Waals surface area (Å²) < 4.78 is 24.2. The van der Waals surface area contributed by atoms with Gasteiger partial charge in [-0.1, -0.05) is 12.1 Å². The first-order chi connectivity index (χ1) is 26.6. The second kappa shape index (κ2) is 15.5. The molecule has 3 fully saturated rings. The number of amides is 2. The molecule has 2 amide bonds. The summed E-state index contributed by atoms with van der Waals surface area (Å²) in [5.74, 6) is 0.556. The third-order valence-corrected chi connectivity index (χ3v) is 11.0. The van der Waals surface area contributed by atoms with Gasteiger partial charge in [0, 0.05) is 80.0 Å². The van der Waals surface area contributed by atoms with Gasteiger partial charge in [0.1, 0.15) is 18.0 Å². The quantitative estimate of drug-likeness (QED) is 0.143. The van der Waals surface area contributed by atoms with Gasteiger partial charge in [-0.2, -0.15) is 5.10 Å². The minimum absolute atomic E-state index is 0.206. The number of halogens is 1. The minimum Gasteiger partial charge on any atom is -0.482 e. The van der Waals surface area contributed by atoms with E-state index >= 15 is 0 Å². The average Bonchev–Trinajstić information content (AvgIpc) is 3.78. The first kappa shape index (κ1) is 36.2. The van der Waals surface area contributed by atoms with Crippen LogP contribution in [0.15, 0.2) is 79.5 Å². The van der Waals surface area contributed by atoms with Crippen LogP contribution in [0.4, 0.5) is 21.6 Å². The molecule has 14 heteroatoms. The molecule has 0 spiro atoms. The molecule has 5 aromatic rings. The molecule has 3 saturated heterocycles. The first-order valence-corrected chi connectivity index (χ1v) is 19.1. The summed E-state index contributed by atoms with van der Waals surface area (Å²) >= 11 is 0. The number of rotatable bonds is 12. The zero-order chi connectivity index (χ0) is 38.1. The lowest BCUT2D eigenvalue weighted by atomic mass is 9.96. The van der Waals surface area contributed by atoms with Crippen LogP contribution in [-0.2, 0) is 16.1 Å². The van der Waals surface area contributed by atoms with Crippen molar-refractivity contribution >= 4 is 29.0 Å². The largest absolute Gasteiger partial charge is 0.482 e. The van der Waals surface area contributed by atoms with Gasteiger partial charge in [-0.05, 0) is 81.1 Å². The monoisotopic (exact) mass is 746 g/mol. The molecule has 3 aliphatic rings. The maximum atomic E-state index is 13.8. The number of likely N-dealkylation sites (tertiary alicyclic amines) is 1. The third-order valence-electron chi connectivity index (χ3n) is 11.0. The van der Waals surface area contributed by atoms with Gasteiger partial charge >= 0.3 is 0 Å². The molecule has 3 aromatic heterocycles. The Balaban J connectivity index is 0.814. The topological polar surface area (TPSA) is 148 Å². The molecule has 2 aromatic carbocycles. The number of piperidine rings is 2. The normalized spacial score (nSPS) is 18.9. The van der Waals surface area contributed by atoms with Crippen molar-refractivity contribution in [2.75, 3.05) is 48.7 Å². The molecule has 286 valence electrons. The number of benzene rings is 2. The van der Waals surface area contributed by atoms with Crippen LogP contribution in [0.1, 0.15) is 61.6 Å². The van der Waals surface area contributed by atoms with Crippen molar-refractivity contribution in [3.05, 3.63) is 102 Å². The molecule has 55 heavy (non-hydrogen) atoms. The number of hydrogen-bond acceptors (Lipinski definition) is 10. The lowest BCUT2D eigenvalue weighted by Crippen LogP contribution is -2.52. The Labute approximate surface area is 319 Å². The summed E-state index contributed by atoms with van der Waals surface area (Å²) in [7, 11) is 0. The molecule has 8 rings (SSSR count). The Morgan fingerprint density at radius 1 is 1.04 bits per heavy atom. The number of nitrogens with zero attached hydrogens (tertiary/aromatic N) is 7. The third kappa shape index (κ3) is 8.19. The van der Waals surface area contributed by atoms with E-state index in [1.165, 1.54) is 17.8 Å². The second-order valence-corrected chi connectivity index (χ2v) is 15.1. The van der Waals surface area contributed by atoms with Crippen molar-refractivity contribution in [2.24, 2.45) is 5.92 Å². The van der Waals surface area contributed by atoms with Gasteiger partial charge in [0.05, 0.1) is 36.5 Å². The number of nitrogens with two attached hydrogens (primary N) is 1. The average molecular weight is 747 g/mol. The molecule has 2 atom stereocenters. The SMILES string of the molecule is Cc1ncn(Cc2cnn(C3CCN(CC4CN(c5ccc(NC6CCC(=O)NC6=O)cc5)C4)CC3)c2)c1-c1cnc(N)c(O[C@H](C)c2cccc(F)c2)c1. The van der Waals surface area contributed by atoms with Gasteiger partial charge in [0.15, 0.2) is 11.6 Å². The van der Waals surface area contributed by atoms with Crippen molar-refractivity contribution < 1.29 is 18.7 Å². The number of anilines is 3. The fourth-order valence-electron chi connectivity index (χ4n) is 7.96. The fraction of sp³-hybridized carbons (Fsp3) is 0.390. The summed E-state index contributed by atoms with van der Waals surface area (Å²) in [4.78, 5) is 37.5. The first-order valence-electron chi connectivity index (χ1n) is 19.1. The number of pyridine rings is 1. The van der Waals surface area contributed by atoms with Crippen molar-refractivity contribution in [3.8, 4) is 17.0 Å². The molecule has 13 nitrogen and oxygen atoms in total. The Hall–Kier alpha value is -5.76. The standard InChI is InChI=1S/C41H47FN10O3/c1-26-39(31-17-37(40(43)44-19-31)55-27(2)30-4-3-5-32(42)16-30)51(25-45-26)21-28-18-46-52(24-28)35-12-14-49(15-13-35)20-29-22-50(23-29)34-8-6-33(7-9-34)47-36-10-11-38(53)48-41(36)54/h3-9,16-19,24-25,27,29,35-36,47H,10-15,20-23H2,1-2H3,(H2,43,44)(H,48,53,54)/t27-,36?/m1/s1. The van der Waals surface area contributed by atoms with E-state index in [0.717, 1.165) is 73.8 Å². The maximum Gasteiger partial charge on any atom is 0.249 e. The Morgan fingerprint density at radius 2 is 1.84 bits per heavy atom. The van der Waals surface area contributed by atoms with Crippen LogP contribution in [0.3, 0.4) is 0 Å². The van der Waals surface area contributed by atoms with Crippen LogP contribution >= 0.6 is 0 Å². The number of nitrogens with one attached hydrogen (secondary N) is 2. The predicted octanol–water partition coefficient (Wildman–Crippen LogP) is 5.35. The summed E-state index contributed by atoms with van der Waals surface area (Å²) in [5, 5.41) is 10.4. The number of carbonyl (C=O) groups excluding carboxylic acids is 2.